The quantitative estimate of drug-likeness (QED) is 0.179. The molecule has 0 aliphatic heterocycles. The van der Waals surface area contributed by atoms with Gasteiger partial charge >= 0.3 is 0 Å². The molecular formula is C18H26Br2F2O2. The van der Waals surface area contributed by atoms with Gasteiger partial charge in [0.2, 0.25) is 11.5 Å². The molecule has 2 nitrogen and oxygen atoms in total. The lowest BCUT2D eigenvalue weighted by atomic mass is 10.2. The lowest BCUT2D eigenvalue weighted by molar-refractivity contribution is 0.238. The molecule has 0 saturated heterocycles. The Bertz CT molecular complexity index is 466. The smallest absolute Gasteiger partial charge is 0.201 e. The first-order chi connectivity index (χ1) is 11.5. The van der Waals surface area contributed by atoms with E-state index in [4.69, 9.17) is 9.47 Å². The summed E-state index contributed by atoms with van der Waals surface area (Å²) >= 11 is 6.11. The number of halogens is 4. The van der Waals surface area contributed by atoms with E-state index in [0.29, 0.717) is 13.2 Å². The normalized spacial score (nSPS) is 10.9. The van der Waals surface area contributed by atoms with E-state index in [0.717, 1.165) is 51.4 Å². The zero-order valence-electron chi connectivity index (χ0n) is 14.4. The summed E-state index contributed by atoms with van der Waals surface area (Å²) in [4.78, 5) is 0. The van der Waals surface area contributed by atoms with E-state index in [1.165, 1.54) is 0 Å². The van der Waals surface area contributed by atoms with E-state index < -0.39 is 11.6 Å². The number of hydrogen-bond acceptors (Lipinski definition) is 2. The van der Waals surface area contributed by atoms with E-state index in [9.17, 15) is 8.78 Å². The predicted octanol–water partition coefficient (Wildman–Crippen LogP) is 7.41. The number of benzene rings is 1. The minimum absolute atomic E-state index is 0.0156. The Morgan fingerprint density at radius 2 is 1.04 bits per heavy atom. The molecular weight excluding hydrogens is 446 g/mol. The Hall–Kier alpha value is -0.360. The number of ether oxygens (including phenoxy) is 2. The maximum atomic E-state index is 14.5. The van der Waals surface area contributed by atoms with Crippen LogP contribution in [-0.4, -0.2) is 13.2 Å². The molecule has 0 aliphatic rings. The highest BCUT2D eigenvalue weighted by Crippen LogP contribution is 2.43. The standard InChI is InChI=1S/C18H26Br2F2O2/c1-3-5-7-9-11-23-17-15(21)13(19)14(20)16(22)18(17)24-12-10-8-6-4-2/h3-12H2,1-2H3. The molecule has 138 valence electrons. The summed E-state index contributed by atoms with van der Waals surface area (Å²) in [6.07, 6.45) is 8.04. The number of hydrogen-bond donors (Lipinski definition) is 0. The molecule has 0 saturated carbocycles. The molecule has 0 amide bonds. The van der Waals surface area contributed by atoms with Gasteiger partial charge in [0, 0.05) is 0 Å². The molecule has 6 heteroatoms. The van der Waals surface area contributed by atoms with Crippen molar-refractivity contribution in [2.45, 2.75) is 65.2 Å². The van der Waals surface area contributed by atoms with Crippen LogP contribution in [-0.2, 0) is 0 Å². The Morgan fingerprint density at radius 1 is 0.667 bits per heavy atom. The first-order valence-corrected chi connectivity index (χ1v) is 10.2. The fraction of sp³-hybridized carbons (Fsp3) is 0.667. The first-order valence-electron chi connectivity index (χ1n) is 8.66. The SMILES string of the molecule is CCCCCCOc1c(F)c(Br)c(Br)c(F)c1OCCCCCC. The average molecular weight is 472 g/mol. The van der Waals surface area contributed by atoms with Crippen LogP contribution >= 0.6 is 31.9 Å². The van der Waals surface area contributed by atoms with Crippen molar-refractivity contribution in [1.82, 2.24) is 0 Å². The molecule has 0 unspecified atom stereocenters. The highest BCUT2D eigenvalue weighted by atomic mass is 79.9. The van der Waals surface area contributed by atoms with Crippen LogP contribution < -0.4 is 9.47 Å². The zero-order chi connectivity index (χ0) is 17.9. The molecule has 24 heavy (non-hydrogen) atoms. The van der Waals surface area contributed by atoms with Gasteiger partial charge in [-0.1, -0.05) is 52.4 Å². The van der Waals surface area contributed by atoms with Crippen molar-refractivity contribution < 1.29 is 18.3 Å². The number of rotatable bonds is 12. The average Bonchev–Trinajstić information content (AvgIpc) is 2.58. The third-order valence-electron chi connectivity index (χ3n) is 3.67. The van der Waals surface area contributed by atoms with Gasteiger partial charge in [-0.05, 0) is 44.7 Å². The van der Waals surface area contributed by atoms with Crippen molar-refractivity contribution in [3.63, 3.8) is 0 Å². The zero-order valence-corrected chi connectivity index (χ0v) is 17.6. The van der Waals surface area contributed by atoms with Crippen LogP contribution in [0.3, 0.4) is 0 Å². The highest BCUT2D eigenvalue weighted by molar-refractivity contribution is 9.13. The van der Waals surface area contributed by atoms with Crippen LogP contribution in [0.15, 0.2) is 8.95 Å². The summed E-state index contributed by atoms with van der Waals surface area (Å²) in [6.45, 7) is 4.92. The molecule has 0 fully saturated rings. The Balaban J connectivity index is 2.80. The van der Waals surface area contributed by atoms with Gasteiger partial charge in [0.25, 0.3) is 0 Å². The molecule has 0 aliphatic carbocycles. The minimum atomic E-state index is -0.637. The minimum Gasteiger partial charge on any atom is -0.487 e. The van der Waals surface area contributed by atoms with Crippen molar-refractivity contribution in [3.8, 4) is 11.5 Å². The van der Waals surface area contributed by atoms with Crippen LogP contribution in [0.1, 0.15) is 65.2 Å². The second-order valence-electron chi connectivity index (χ2n) is 5.73. The van der Waals surface area contributed by atoms with Crippen molar-refractivity contribution >= 4 is 31.9 Å². The van der Waals surface area contributed by atoms with Crippen molar-refractivity contribution in [2.75, 3.05) is 13.2 Å². The van der Waals surface area contributed by atoms with Gasteiger partial charge in [0.05, 0.1) is 22.2 Å². The van der Waals surface area contributed by atoms with E-state index in [-0.39, 0.29) is 20.4 Å². The summed E-state index contributed by atoms with van der Waals surface area (Å²) in [6, 6.07) is 0. The predicted molar refractivity (Wildman–Crippen MR) is 101 cm³/mol. The van der Waals surface area contributed by atoms with E-state index in [1.54, 1.807) is 0 Å². The molecule has 0 heterocycles. The Kier molecular flexibility index (Phi) is 10.9. The van der Waals surface area contributed by atoms with Crippen LogP contribution in [0.4, 0.5) is 8.78 Å². The lowest BCUT2D eigenvalue weighted by Crippen LogP contribution is -2.07. The lowest BCUT2D eigenvalue weighted by Gasteiger charge is -2.16. The molecule has 0 radical (unpaired) electrons. The first kappa shape index (κ1) is 21.7. The third kappa shape index (κ3) is 6.51. The summed E-state index contributed by atoms with van der Waals surface area (Å²) in [7, 11) is 0. The Morgan fingerprint density at radius 3 is 1.38 bits per heavy atom. The van der Waals surface area contributed by atoms with Crippen LogP contribution in [0.2, 0.25) is 0 Å². The second kappa shape index (κ2) is 12.1. The summed E-state index contributed by atoms with van der Waals surface area (Å²) < 4.78 is 40.0. The molecule has 0 N–H and O–H groups in total. The molecule has 0 bridgehead atoms. The molecule has 1 aromatic carbocycles. The maximum Gasteiger partial charge on any atom is 0.201 e. The fourth-order valence-corrected chi connectivity index (χ4v) is 2.96. The second-order valence-corrected chi connectivity index (χ2v) is 7.32. The molecule has 1 aromatic rings. The largest absolute Gasteiger partial charge is 0.487 e. The van der Waals surface area contributed by atoms with Gasteiger partial charge in [-0.25, -0.2) is 8.78 Å². The molecule has 0 aromatic heterocycles. The summed E-state index contributed by atoms with van der Waals surface area (Å²) in [5.41, 5.74) is 0. The van der Waals surface area contributed by atoms with Crippen molar-refractivity contribution in [1.29, 1.82) is 0 Å². The fourth-order valence-electron chi connectivity index (χ4n) is 2.26. The maximum absolute atomic E-state index is 14.5. The third-order valence-corrected chi connectivity index (χ3v) is 5.69. The van der Waals surface area contributed by atoms with Crippen LogP contribution in [0.5, 0.6) is 11.5 Å². The van der Waals surface area contributed by atoms with E-state index in [2.05, 4.69) is 45.7 Å². The topological polar surface area (TPSA) is 18.5 Å². The monoisotopic (exact) mass is 470 g/mol. The summed E-state index contributed by atoms with van der Waals surface area (Å²) in [5.74, 6) is -1.56. The van der Waals surface area contributed by atoms with Gasteiger partial charge in [0.15, 0.2) is 11.6 Å². The van der Waals surface area contributed by atoms with Gasteiger partial charge in [-0.2, -0.15) is 0 Å². The van der Waals surface area contributed by atoms with Gasteiger partial charge in [0.1, 0.15) is 0 Å². The van der Waals surface area contributed by atoms with Gasteiger partial charge in [-0.15, -0.1) is 0 Å². The summed E-state index contributed by atoms with van der Waals surface area (Å²) in [5, 5.41) is 0. The van der Waals surface area contributed by atoms with Crippen molar-refractivity contribution in [2.24, 2.45) is 0 Å². The molecule has 0 atom stereocenters. The van der Waals surface area contributed by atoms with Crippen molar-refractivity contribution in [3.05, 3.63) is 20.6 Å². The molecule has 0 spiro atoms. The highest BCUT2D eigenvalue weighted by Gasteiger charge is 2.25. The molecule has 1 rings (SSSR count). The van der Waals surface area contributed by atoms with E-state index in [1.807, 2.05) is 0 Å². The van der Waals surface area contributed by atoms with Gasteiger partial charge < -0.3 is 9.47 Å². The van der Waals surface area contributed by atoms with Gasteiger partial charge in [-0.3, -0.25) is 0 Å². The van der Waals surface area contributed by atoms with Crippen LogP contribution in [0.25, 0.3) is 0 Å². The number of unbranched alkanes of at least 4 members (excludes halogenated alkanes) is 6. The Labute approximate surface area is 160 Å². The van der Waals surface area contributed by atoms with Crippen LogP contribution in [0, 0.1) is 11.6 Å². The van der Waals surface area contributed by atoms with E-state index >= 15 is 0 Å².